The molecule has 1 aliphatic heterocycles. The van der Waals surface area contributed by atoms with Crippen molar-refractivity contribution in [1.82, 2.24) is 19.5 Å². The first-order chi connectivity index (χ1) is 27.8. The highest BCUT2D eigenvalue weighted by Crippen LogP contribution is 2.55. The number of nitrogens with zero attached hydrogens (tertiary/aromatic N) is 4. The van der Waals surface area contributed by atoms with Gasteiger partial charge in [0.15, 0.2) is 17.5 Å². The first kappa shape index (κ1) is 32.1. The molecule has 11 rings (SSSR count). The number of hydrogen-bond acceptors (Lipinski definition) is 4. The lowest BCUT2D eigenvalue weighted by atomic mass is 9.83. The van der Waals surface area contributed by atoms with Crippen molar-refractivity contribution in [1.29, 1.82) is 0 Å². The van der Waals surface area contributed by atoms with E-state index in [1.54, 1.807) is 0 Å². The monoisotopic (exact) mass is 718 g/mol. The molecule has 2 aromatic heterocycles. The number of ether oxygens (including phenoxy) is 1. The van der Waals surface area contributed by atoms with Gasteiger partial charge in [-0.15, -0.1) is 0 Å². The zero-order chi connectivity index (χ0) is 37.0. The molecule has 0 radical (unpaired) electrons. The molecule has 0 fully saturated rings. The summed E-state index contributed by atoms with van der Waals surface area (Å²) < 4.78 is 9.45. The van der Waals surface area contributed by atoms with E-state index in [-0.39, 0.29) is 12.0 Å². The molecule has 0 saturated heterocycles. The molecule has 5 heteroatoms. The largest absolute Gasteiger partial charge is 0.484 e. The molecule has 2 unspecified atom stereocenters. The SMILES string of the molecule is C1=CC2c3c(cccc3-c3nc(-c4ccccc4)nc(-c4ccccc4)n3)OC2c2c1n(-c1cc(-c3ccccc3)cc(-c3ccccc3)c1)c1ccccc21. The van der Waals surface area contributed by atoms with Crippen molar-refractivity contribution in [3.05, 3.63) is 205 Å². The summed E-state index contributed by atoms with van der Waals surface area (Å²) >= 11 is 0. The van der Waals surface area contributed by atoms with E-state index in [1.807, 2.05) is 66.7 Å². The van der Waals surface area contributed by atoms with Crippen LogP contribution < -0.4 is 4.74 Å². The number of benzene rings is 7. The van der Waals surface area contributed by atoms with Crippen molar-refractivity contribution >= 4 is 17.0 Å². The molecule has 2 aliphatic rings. The quantitative estimate of drug-likeness (QED) is 0.172. The predicted octanol–water partition coefficient (Wildman–Crippen LogP) is 12.4. The zero-order valence-electron chi connectivity index (χ0n) is 30.3. The molecule has 3 heterocycles. The Kier molecular flexibility index (Phi) is 7.56. The maximum absolute atomic E-state index is 7.04. The Bertz CT molecular complexity index is 2820. The number of aromatic nitrogens is 4. The van der Waals surface area contributed by atoms with E-state index < -0.39 is 0 Å². The van der Waals surface area contributed by atoms with E-state index in [1.165, 1.54) is 33.2 Å². The van der Waals surface area contributed by atoms with Crippen LogP contribution in [0.1, 0.15) is 28.8 Å². The number of para-hydroxylation sites is 1. The fraction of sp³-hybridized carbons (Fsp3) is 0.0392. The molecule has 0 amide bonds. The van der Waals surface area contributed by atoms with Crippen molar-refractivity contribution in [2.45, 2.75) is 12.0 Å². The van der Waals surface area contributed by atoms with Gasteiger partial charge < -0.3 is 9.30 Å². The van der Waals surface area contributed by atoms with Crippen molar-refractivity contribution in [3.8, 4) is 67.9 Å². The first-order valence-corrected chi connectivity index (χ1v) is 19.0. The van der Waals surface area contributed by atoms with Gasteiger partial charge in [-0.05, 0) is 58.7 Å². The van der Waals surface area contributed by atoms with Crippen molar-refractivity contribution in [2.24, 2.45) is 0 Å². The van der Waals surface area contributed by atoms with Crippen LogP contribution in [0.3, 0.4) is 0 Å². The van der Waals surface area contributed by atoms with Gasteiger partial charge in [-0.25, -0.2) is 15.0 Å². The molecule has 5 nitrogen and oxygen atoms in total. The Morgan fingerprint density at radius 3 is 1.59 bits per heavy atom. The summed E-state index contributed by atoms with van der Waals surface area (Å²) in [6.45, 7) is 0. The smallest absolute Gasteiger partial charge is 0.164 e. The summed E-state index contributed by atoms with van der Waals surface area (Å²) in [4.78, 5) is 15.2. The minimum Gasteiger partial charge on any atom is -0.484 e. The van der Waals surface area contributed by atoms with Crippen LogP contribution in [0.5, 0.6) is 5.75 Å². The highest BCUT2D eigenvalue weighted by molar-refractivity contribution is 5.93. The molecule has 1 aliphatic carbocycles. The molecule has 7 aromatic carbocycles. The van der Waals surface area contributed by atoms with Crippen LogP contribution in [0, 0.1) is 0 Å². The van der Waals surface area contributed by atoms with Gasteiger partial charge in [0.2, 0.25) is 0 Å². The topological polar surface area (TPSA) is 52.8 Å². The van der Waals surface area contributed by atoms with Gasteiger partial charge in [0.1, 0.15) is 11.9 Å². The minimum absolute atomic E-state index is 0.0411. The molecule has 0 spiro atoms. The molecular weight excluding hydrogens is 685 g/mol. The number of hydrogen-bond donors (Lipinski definition) is 0. The maximum atomic E-state index is 7.04. The zero-order valence-corrected chi connectivity index (χ0v) is 30.3. The van der Waals surface area contributed by atoms with Gasteiger partial charge in [-0.1, -0.05) is 158 Å². The summed E-state index contributed by atoms with van der Waals surface area (Å²) in [5.41, 5.74) is 13.2. The van der Waals surface area contributed by atoms with Crippen LogP contribution in [-0.4, -0.2) is 19.5 Å². The Morgan fingerprint density at radius 1 is 0.446 bits per heavy atom. The van der Waals surface area contributed by atoms with E-state index in [9.17, 15) is 0 Å². The third-order valence-electron chi connectivity index (χ3n) is 11.0. The Hall–Kier alpha value is -7.37. The standard InChI is InChI=1S/C51H34N4O/c1-5-16-33(17-6-1)37-30-38(34-18-7-2-8-19-34)32-39(31-37)55-43-26-14-13-24-40(43)47-44(55)29-28-41-46-42(25-15-27-45(46)56-48(41)47)51-53-49(35-20-9-3-10-21-35)52-50(54-51)36-22-11-4-12-23-36/h1-32,41,48H. The third-order valence-corrected chi connectivity index (χ3v) is 11.0. The van der Waals surface area contributed by atoms with Gasteiger partial charge in [0, 0.05) is 44.8 Å². The number of rotatable bonds is 6. The van der Waals surface area contributed by atoms with Gasteiger partial charge in [0.25, 0.3) is 0 Å². The van der Waals surface area contributed by atoms with Crippen LogP contribution in [0.15, 0.2) is 188 Å². The summed E-state index contributed by atoms with van der Waals surface area (Å²) in [5.74, 6) is 2.72. The van der Waals surface area contributed by atoms with Gasteiger partial charge in [-0.2, -0.15) is 0 Å². The molecule has 264 valence electrons. The predicted molar refractivity (Wildman–Crippen MR) is 225 cm³/mol. The second kappa shape index (κ2) is 13.2. The first-order valence-electron chi connectivity index (χ1n) is 19.0. The van der Waals surface area contributed by atoms with E-state index in [4.69, 9.17) is 19.7 Å². The fourth-order valence-corrected chi connectivity index (χ4v) is 8.47. The molecule has 2 atom stereocenters. The van der Waals surface area contributed by atoms with Crippen LogP contribution in [0.2, 0.25) is 0 Å². The lowest BCUT2D eigenvalue weighted by Crippen LogP contribution is -2.14. The van der Waals surface area contributed by atoms with Crippen LogP contribution >= 0.6 is 0 Å². The lowest BCUT2D eigenvalue weighted by Gasteiger charge is -2.23. The summed E-state index contributed by atoms with van der Waals surface area (Å²) in [6.07, 6.45) is 4.38. The molecule has 0 bridgehead atoms. The lowest BCUT2D eigenvalue weighted by molar-refractivity contribution is 0.224. The Balaban J connectivity index is 1.07. The highest BCUT2D eigenvalue weighted by atomic mass is 16.5. The van der Waals surface area contributed by atoms with Gasteiger partial charge in [-0.3, -0.25) is 0 Å². The third kappa shape index (κ3) is 5.36. The summed E-state index contributed by atoms with van der Waals surface area (Å²) in [7, 11) is 0. The molecule has 9 aromatic rings. The Labute approximate surface area is 324 Å². The maximum Gasteiger partial charge on any atom is 0.164 e. The highest BCUT2D eigenvalue weighted by Gasteiger charge is 2.42. The van der Waals surface area contributed by atoms with Crippen LogP contribution in [0.4, 0.5) is 0 Å². The molecule has 56 heavy (non-hydrogen) atoms. The van der Waals surface area contributed by atoms with E-state index >= 15 is 0 Å². The second-order valence-corrected chi connectivity index (χ2v) is 14.3. The van der Waals surface area contributed by atoms with E-state index in [2.05, 4.69) is 132 Å². The summed E-state index contributed by atoms with van der Waals surface area (Å²) in [5, 5.41) is 1.18. The normalized spacial score (nSPS) is 15.2. The van der Waals surface area contributed by atoms with Crippen LogP contribution in [-0.2, 0) is 0 Å². The second-order valence-electron chi connectivity index (χ2n) is 14.3. The van der Waals surface area contributed by atoms with Crippen molar-refractivity contribution in [3.63, 3.8) is 0 Å². The van der Waals surface area contributed by atoms with Gasteiger partial charge in [0.05, 0.1) is 11.2 Å². The van der Waals surface area contributed by atoms with E-state index in [0.29, 0.717) is 17.5 Å². The number of fused-ring (bicyclic) bond motifs is 7. The minimum atomic E-state index is -0.229. The average Bonchev–Trinajstić information content (AvgIpc) is 3.83. The molecular formula is C51H34N4O. The molecule has 0 N–H and O–H groups in total. The van der Waals surface area contributed by atoms with Crippen LogP contribution in [0.25, 0.3) is 79.1 Å². The summed E-state index contributed by atoms with van der Waals surface area (Å²) in [6, 6.07) is 63.4. The van der Waals surface area contributed by atoms with E-state index in [0.717, 1.165) is 44.9 Å². The van der Waals surface area contributed by atoms with Crippen molar-refractivity contribution in [2.75, 3.05) is 0 Å². The average molecular weight is 719 g/mol. The van der Waals surface area contributed by atoms with Crippen molar-refractivity contribution < 1.29 is 4.74 Å². The Morgan fingerprint density at radius 2 is 0.982 bits per heavy atom. The van der Waals surface area contributed by atoms with Gasteiger partial charge >= 0.3 is 0 Å². The molecule has 0 saturated carbocycles. The fourth-order valence-electron chi connectivity index (χ4n) is 8.47.